The molecule has 4 unspecified atom stereocenters. The van der Waals surface area contributed by atoms with Gasteiger partial charge in [-0.05, 0) is 87.4 Å². The summed E-state index contributed by atoms with van der Waals surface area (Å²) < 4.78 is 12.2. The van der Waals surface area contributed by atoms with Gasteiger partial charge in [0.05, 0.1) is 12.2 Å². The Morgan fingerprint density at radius 3 is 2.56 bits per heavy atom. The molecule has 0 aromatic rings. The van der Waals surface area contributed by atoms with Crippen LogP contribution in [-0.2, 0) is 9.47 Å². The van der Waals surface area contributed by atoms with Crippen molar-refractivity contribution in [1.82, 2.24) is 5.32 Å². The third-order valence-electron chi connectivity index (χ3n) is 8.11. The quantitative estimate of drug-likeness (QED) is 0.811. The third kappa shape index (κ3) is 4.25. The molecule has 2 aliphatic carbocycles. The van der Waals surface area contributed by atoms with Crippen molar-refractivity contribution < 1.29 is 9.47 Å². The Balaban J connectivity index is 1.24. The minimum atomic E-state index is 0.445. The van der Waals surface area contributed by atoms with Crippen LogP contribution in [-0.4, -0.2) is 38.0 Å². The molecule has 144 valence electrons. The smallest absolute Gasteiger partial charge is 0.0735 e. The second kappa shape index (κ2) is 7.86. The summed E-state index contributed by atoms with van der Waals surface area (Å²) in [6, 6.07) is 0.630. The van der Waals surface area contributed by atoms with E-state index in [-0.39, 0.29) is 0 Å². The first kappa shape index (κ1) is 18.3. The first-order chi connectivity index (χ1) is 12.1. The minimum Gasteiger partial charge on any atom is -0.381 e. The maximum absolute atomic E-state index is 6.55. The Morgan fingerprint density at radius 2 is 1.80 bits per heavy atom. The number of hydrogen-bond donors (Lipinski definition) is 1. The van der Waals surface area contributed by atoms with Crippen molar-refractivity contribution in [1.29, 1.82) is 0 Å². The maximum Gasteiger partial charge on any atom is 0.0735 e. The summed E-state index contributed by atoms with van der Waals surface area (Å²) in [4.78, 5) is 0. The number of morpholine rings is 1. The number of ether oxygens (including phenoxy) is 2. The molecular formula is C22H39NO2. The highest BCUT2D eigenvalue weighted by molar-refractivity contribution is 4.92. The molecule has 2 heterocycles. The molecule has 5 atom stereocenters. The van der Waals surface area contributed by atoms with Crippen LogP contribution in [0.4, 0.5) is 0 Å². The number of nitrogens with one attached hydrogen (secondary N) is 1. The molecule has 4 rings (SSSR count). The van der Waals surface area contributed by atoms with Crippen LogP contribution in [0, 0.1) is 23.2 Å². The first-order valence-corrected chi connectivity index (χ1v) is 11.1. The van der Waals surface area contributed by atoms with Crippen LogP contribution in [0.25, 0.3) is 0 Å². The molecule has 0 bridgehead atoms. The van der Waals surface area contributed by atoms with Crippen molar-refractivity contribution in [2.24, 2.45) is 23.2 Å². The van der Waals surface area contributed by atoms with Gasteiger partial charge in [0.1, 0.15) is 0 Å². The zero-order chi connectivity index (χ0) is 17.3. The van der Waals surface area contributed by atoms with Gasteiger partial charge in [0.15, 0.2) is 0 Å². The van der Waals surface area contributed by atoms with Crippen LogP contribution in [0.3, 0.4) is 0 Å². The summed E-state index contributed by atoms with van der Waals surface area (Å²) >= 11 is 0. The van der Waals surface area contributed by atoms with E-state index in [1.165, 1.54) is 64.2 Å². The lowest BCUT2D eigenvalue weighted by atomic mass is 9.64. The summed E-state index contributed by atoms with van der Waals surface area (Å²) in [6.45, 7) is 7.96. The van der Waals surface area contributed by atoms with Crippen molar-refractivity contribution in [3.8, 4) is 0 Å². The van der Waals surface area contributed by atoms with Crippen LogP contribution >= 0.6 is 0 Å². The van der Waals surface area contributed by atoms with E-state index < -0.39 is 0 Å². The van der Waals surface area contributed by atoms with E-state index in [2.05, 4.69) is 19.2 Å². The molecule has 0 amide bonds. The summed E-state index contributed by atoms with van der Waals surface area (Å²) in [5, 5.41) is 3.81. The molecule has 4 fully saturated rings. The largest absolute Gasteiger partial charge is 0.381 e. The third-order valence-corrected chi connectivity index (χ3v) is 8.11. The molecule has 2 aliphatic heterocycles. The molecule has 0 aromatic heterocycles. The molecule has 2 saturated heterocycles. The van der Waals surface area contributed by atoms with Crippen molar-refractivity contribution >= 4 is 0 Å². The Bertz CT molecular complexity index is 424. The molecule has 25 heavy (non-hydrogen) atoms. The average molecular weight is 350 g/mol. The summed E-state index contributed by atoms with van der Waals surface area (Å²) in [6.07, 6.45) is 14.5. The number of rotatable bonds is 3. The fourth-order valence-corrected chi connectivity index (χ4v) is 6.16. The Kier molecular flexibility index (Phi) is 5.74. The second-order valence-electron chi connectivity index (χ2n) is 9.89. The molecule has 1 N–H and O–H groups in total. The molecule has 0 aromatic carbocycles. The summed E-state index contributed by atoms with van der Waals surface area (Å²) in [5.41, 5.74) is 0.642. The maximum atomic E-state index is 6.55. The lowest BCUT2D eigenvalue weighted by Gasteiger charge is -2.45. The van der Waals surface area contributed by atoms with Gasteiger partial charge in [-0.25, -0.2) is 0 Å². The Labute approximate surface area is 154 Å². The lowest BCUT2D eigenvalue weighted by Crippen LogP contribution is -2.55. The van der Waals surface area contributed by atoms with E-state index in [1.807, 2.05) is 0 Å². The molecule has 0 radical (unpaired) electrons. The van der Waals surface area contributed by atoms with Crippen LogP contribution < -0.4 is 5.32 Å². The fraction of sp³-hybridized carbons (Fsp3) is 1.00. The van der Waals surface area contributed by atoms with E-state index in [1.54, 1.807) is 0 Å². The van der Waals surface area contributed by atoms with Gasteiger partial charge in [-0.2, -0.15) is 0 Å². The zero-order valence-electron chi connectivity index (χ0n) is 16.5. The summed E-state index contributed by atoms with van der Waals surface area (Å²) in [7, 11) is 0. The van der Waals surface area contributed by atoms with Gasteiger partial charge in [-0.3, -0.25) is 0 Å². The molecule has 1 spiro atoms. The fourth-order valence-electron chi connectivity index (χ4n) is 6.16. The Morgan fingerprint density at radius 1 is 1.04 bits per heavy atom. The van der Waals surface area contributed by atoms with Gasteiger partial charge in [0, 0.05) is 25.8 Å². The monoisotopic (exact) mass is 349 g/mol. The van der Waals surface area contributed by atoms with E-state index in [4.69, 9.17) is 9.47 Å². The van der Waals surface area contributed by atoms with Gasteiger partial charge in [-0.1, -0.05) is 13.8 Å². The average Bonchev–Trinajstić information content (AvgIpc) is 2.62. The highest BCUT2D eigenvalue weighted by Gasteiger charge is 2.39. The summed E-state index contributed by atoms with van der Waals surface area (Å²) in [5.74, 6) is 2.56. The van der Waals surface area contributed by atoms with E-state index in [9.17, 15) is 0 Å². The minimum absolute atomic E-state index is 0.445. The van der Waals surface area contributed by atoms with Crippen molar-refractivity contribution in [3.63, 3.8) is 0 Å². The molecular weight excluding hydrogens is 310 g/mol. The van der Waals surface area contributed by atoms with Crippen molar-refractivity contribution in [2.45, 2.75) is 96.3 Å². The van der Waals surface area contributed by atoms with Crippen molar-refractivity contribution in [3.05, 3.63) is 0 Å². The molecule has 2 saturated carbocycles. The van der Waals surface area contributed by atoms with Crippen LogP contribution in [0.15, 0.2) is 0 Å². The SMILES string of the molecule is CC(CC1CNC2CC[C@H](C)CC2O1)C1CCC2(CCOCC2)CC1. The van der Waals surface area contributed by atoms with Gasteiger partial charge in [0.2, 0.25) is 0 Å². The number of hydrogen-bond acceptors (Lipinski definition) is 3. The zero-order valence-corrected chi connectivity index (χ0v) is 16.5. The lowest BCUT2D eigenvalue weighted by molar-refractivity contribution is -0.0963. The number of fused-ring (bicyclic) bond motifs is 1. The van der Waals surface area contributed by atoms with E-state index >= 15 is 0 Å². The Hall–Kier alpha value is -0.120. The molecule has 3 heteroatoms. The predicted octanol–water partition coefficient (Wildman–Crippen LogP) is 4.55. The van der Waals surface area contributed by atoms with Crippen LogP contribution in [0.5, 0.6) is 0 Å². The van der Waals surface area contributed by atoms with Gasteiger partial charge >= 0.3 is 0 Å². The highest BCUT2D eigenvalue weighted by Crippen LogP contribution is 2.48. The molecule has 4 aliphatic rings. The van der Waals surface area contributed by atoms with Crippen molar-refractivity contribution in [2.75, 3.05) is 19.8 Å². The van der Waals surface area contributed by atoms with Gasteiger partial charge in [-0.15, -0.1) is 0 Å². The highest BCUT2D eigenvalue weighted by atomic mass is 16.5. The van der Waals surface area contributed by atoms with Gasteiger partial charge < -0.3 is 14.8 Å². The van der Waals surface area contributed by atoms with Crippen LogP contribution in [0.2, 0.25) is 0 Å². The first-order valence-electron chi connectivity index (χ1n) is 11.1. The second-order valence-corrected chi connectivity index (χ2v) is 9.89. The van der Waals surface area contributed by atoms with Gasteiger partial charge in [0.25, 0.3) is 0 Å². The van der Waals surface area contributed by atoms with E-state index in [0.717, 1.165) is 37.5 Å². The normalized spacial score (nSPS) is 40.6. The van der Waals surface area contributed by atoms with E-state index in [0.29, 0.717) is 23.7 Å². The molecule has 3 nitrogen and oxygen atoms in total. The predicted molar refractivity (Wildman–Crippen MR) is 102 cm³/mol. The topological polar surface area (TPSA) is 30.5 Å². The van der Waals surface area contributed by atoms with Crippen LogP contribution in [0.1, 0.15) is 78.1 Å². The standard InChI is InChI=1S/C22H39NO2/c1-16-3-4-20-21(13-16)25-19(15-23-20)14-17(2)18-5-7-22(8-6-18)9-11-24-12-10-22/h16-21,23H,3-15H2,1-2H3/t16-,17?,19?,20?,21?/m0/s1.